The van der Waals surface area contributed by atoms with Crippen molar-refractivity contribution in [1.82, 2.24) is 10.3 Å². The number of nitrogens with zero attached hydrogens (tertiary/aromatic N) is 1. The highest BCUT2D eigenvalue weighted by atomic mass is 16.5. The zero-order valence-corrected chi connectivity index (χ0v) is 10.1. The largest absolute Gasteiger partial charge is 0.495 e. The highest BCUT2D eigenvalue weighted by molar-refractivity contribution is 5.64. The maximum absolute atomic E-state index is 5.18. The van der Waals surface area contributed by atoms with Crippen LogP contribution in [0.2, 0.25) is 0 Å². The fourth-order valence-corrected chi connectivity index (χ4v) is 1.75. The second-order valence-electron chi connectivity index (χ2n) is 3.84. The third-order valence-corrected chi connectivity index (χ3v) is 2.59. The highest BCUT2D eigenvalue weighted by Gasteiger charge is 2.01. The molecule has 0 aliphatic rings. The van der Waals surface area contributed by atoms with E-state index in [1.165, 1.54) is 5.56 Å². The number of ether oxygens (including phenoxy) is 1. The van der Waals surface area contributed by atoms with Crippen molar-refractivity contribution in [2.24, 2.45) is 0 Å². The normalized spacial score (nSPS) is 10.2. The summed E-state index contributed by atoms with van der Waals surface area (Å²) < 4.78 is 5.18. The van der Waals surface area contributed by atoms with Crippen molar-refractivity contribution in [3.63, 3.8) is 0 Å². The third-order valence-electron chi connectivity index (χ3n) is 2.59. The van der Waals surface area contributed by atoms with Gasteiger partial charge in [0.1, 0.15) is 5.75 Å². The molecule has 3 heteroatoms. The average molecular weight is 228 g/mol. The van der Waals surface area contributed by atoms with Crippen LogP contribution < -0.4 is 10.1 Å². The summed E-state index contributed by atoms with van der Waals surface area (Å²) >= 11 is 0. The van der Waals surface area contributed by atoms with E-state index in [-0.39, 0.29) is 0 Å². The number of pyridine rings is 1. The van der Waals surface area contributed by atoms with Gasteiger partial charge in [0.05, 0.1) is 13.3 Å². The number of nitrogens with one attached hydrogen (secondary N) is 1. The van der Waals surface area contributed by atoms with Crippen molar-refractivity contribution in [1.29, 1.82) is 0 Å². The van der Waals surface area contributed by atoms with E-state index in [9.17, 15) is 0 Å². The van der Waals surface area contributed by atoms with Gasteiger partial charge in [0.25, 0.3) is 0 Å². The van der Waals surface area contributed by atoms with Gasteiger partial charge in [-0.05, 0) is 30.3 Å². The van der Waals surface area contributed by atoms with E-state index in [1.807, 2.05) is 19.3 Å². The van der Waals surface area contributed by atoms with Gasteiger partial charge in [-0.3, -0.25) is 4.98 Å². The summed E-state index contributed by atoms with van der Waals surface area (Å²) in [6.07, 6.45) is 3.56. The minimum absolute atomic E-state index is 0.779. The number of benzene rings is 1. The molecule has 1 heterocycles. The van der Waals surface area contributed by atoms with Crippen LogP contribution in [0, 0.1) is 0 Å². The standard InChI is InChI=1S/C14H16N2O/c1-15-8-11-4-3-5-12(6-11)13-7-14(17-2)10-16-9-13/h3-7,9-10,15H,8H2,1-2H3. The number of rotatable bonds is 4. The number of hydrogen-bond acceptors (Lipinski definition) is 3. The molecule has 0 atom stereocenters. The average Bonchev–Trinajstić information content (AvgIpc) is 2.40. The summed E-state index contributed by atoms with van der Waals surface area (Å²) in [6, 6.07) is 10.4. The lowest BCUT2D eigenvalue weighted by atomic mass is 10.0. The predicted molar refractivity (Wildman–Crippen MR) is 69.0 cm³/mol. The summed E-state index contributed by atoms with van der Waals surface area (Å²) in [5.74, 6) is 0.779. The van der Waals surface area contributed by atoms with E-state index in [2.05, 4.69) is 34.6 Å². The molecule has 2 rings (SSSR count). The summed E-state index contributed by atoms with van der Waals surface area (Å²) in [6.45, 7) is 0.866. The Kier molecular flexibility index (Phi) is 3.73. The molecule has 0 aliphatic carbocycles. The minimum atomic E-state index is 0.779. The van der Waals surface area contributed by atoms with E-state index >= 15 is 0 Å². The zero-order valence-electron chi connectivity index (χ0n) is 10.1. The first kappa shape index (κ1) is 11.6. The molecule has 0 saturated carbocycles. The predicted octanol–water partition coefficient (Wildman–Crippen LogP) is 2.48. The first-order chi connectivity index (χ1) is 8.33. The number of hydrogen-bond donors (Lipinski definition) is 1. The third kappa shape index (κ3) is 2.82. The lowest BCUT2D eigenvalue weighted by Gasteiger charge is -2.06. The maximum Gasteiger partial charge on any atom is 0.137 e. The van der Waals surface area contributed by atoms with Crippen molar-refractivity contribution in [3.8, 4) is 16.9 Å². The molecule has 0 unspecified atom stereocenters. The quantitative estimate of drug-likeness (QED) is 0.873. The van der Waals surface area contributed by atoms with Crippen LogP contribution in [0.3, 0.4) is 0 Å². The second-order valence-corrected chi connectivity index (χ2v) is 3.84. The number of aromatic nitrogens is 1. The van der Waals surface area contributed by atoms with Gasteiger partial charge in [-0.15, -0.1) is 0 Å². The van der Waals surface area contributed by atoms with E-state index in [0.29, 0.717) is 0 Å². The van der Waals surface area contributed by atoms with Gasteiger partial charge in [-0.1, -0.05) is 18.2 Å². The lowest BCUT2D eigenvalue weighted by Crippen LogP contribution is -2.04. The second kappa shape index (κ2) is 5.46. The van der Waals surface area contributed by atoms with Crippen molar-refractivity contribution < 1.29 is 4.74 Å². The van der Waals surface area contributed by atoms with E-state index < -0.39 is 0 Å². The molecule has 0 spiro atoms. The van der Waals surface area contributed by atoms with Crippen LogP contribution in [0.15, 0.2) is 42.7 Å². The van der Waals surface area contributed by atoms with Crippen LogP contribution >= 0.6 is 0 Å². The molecule has 0 bridgehead atoms. The summed E-state index contributed by atoms with van der Waals surface area (Å²) in [5.41, 5.74) is 3.49. The molecule has 88 valence electrons. The molecule has 1 N–H and O–H groups in total. The molecular formula is C14H16N2O. The van der Waals surface area contributed by atoms with Crippen LogP contribution in [0.25, 0.3) is 11.1 Å². The van der Waals surface area contributed by atoms with Crippen LogP contribution in [0.5, 0.6) is 5.75 Å². The number of methoxy groups -OCH3 is 1. The Labute approximate surface area is 101 Å². The summed E-state index contributed by atoms with van der Waals surface area (Å²) in [5, 5.41) is 3.14. The fourth-order valence-electron chi connectivity index (χ4n) is 1.75. The van der Waals surface area contributed by atoms with Crippen molar-refractivity contribution in [3.05, 3.63) is 48.3 Å². The molecule has 0 amide bonds. The van der Waals surface area contributed by atoms with E-state index in [4.69, 9.17) is 4.74 Å². The Balaban J connectivity index is 2.34. The SMILES string of the molecule is CNCc1cccc(-c2cncc(OC)c2)c1. The van der Waals surface area contributed by atoms with Gasteiger partial charge in [-0.2, -0.15) is 0 Å². The van der Waals surface area contributed by atoms with E-state index in [1.54, 1.807) is 13.3 Å². The maximum atomic E-state index is 5.18. The van der Waals surface area contributed by atoms with Gasteiger partial charge >= 0.3 is 0 Å². The Bertz CT molecular complexity index is 497. The lowest BCUT2D eigenvalue weighted by molar-refractivity contribution is 0.413. The topological polar surface area (TPSA) is 34.2 Å². The van der Waals surface area contributed by atoms with Crippen LogP contribution in [-0.2, 0) is 6.54 Å². The summed E-state index contributed by atoms with van der Waals surface area (Å²) in [7, 11) is 3.60. The molecule has 3 nitrogen and oxygen atoms in total. The molecule has 1 aromatic heterocycles. The van der Waals surface area contributed by atoms with Gasteiger partial charge < -0.3 is 10.1 Å². The minimum Gasteiger partial charge on any atom is -0.495 e. The highest BCUT2D eigenvalue weighted by Crippen LogP contribution is 2.23. The van der Waals surface area contributed by atoms with Gasteiger partial charge in [0.2, 0.25) is 0 Å². The smallest absolute Gasteiger partial charge is 0.137 e. The zero-order chi connectivity index (χ0) is 12.1. The monoisotopic (exact) mass is 228 g/mol. The van der Waals surface area contributed by atoms with Crippen molar-refractivity contribution >= 4 is 0 Å². The van der Waals surface area contributed by atoms with Gasteiger partial charge in [0, 0.05) is 18.3 Å². The van der Waals surface area contributed by atoms with Crippen molar-refractivity contribution in [2.75, 3.05) is 14.2 Å². The van der Waals surface area contributed by atoms with Gasteiger partial charge in [-0.25, -0.2) is 0 Å². The molecule has 0 saturated heterocycles. The Morgan fingerprint density at radius 3 is 2.82 bits per heavy atom. The van der Waals surface area contributed by atoms with Crippen LogP contribution in [0.1, 0.15) is 5.56 Å². The molecule has 0 aliphatic heterocycles. The molecule has 0 radical (unpaired) electrons. The first-order valence-electron chi connectivity index (χ1n) is 5.56. The Hall–Kier alpha value is -1.87. The molecule has 2 aromatic rings. The molecular weight excluding hydrogens is 212 g/mol. The molecule has 0 fully saturated rings. The summed E-state index contributed by atoms with van der Waals surface area (Å²) in [4.78, 5) is 4.17. The van der Waals surface area contributed by atoms with Crippen LogP contribution in [0.4, 0.5) is 0 Å². The molecule has 1 aromatic carbocycles. The van der Waals surface area contributed by atoms with Gasteiger partial charge in [0.15, 0.2) is 0 Å². The fraction of sp³-hybridized carbons (Fsp3) is 0.214. The Morgan fingerprint density at radius 2 is 2.06 bits per heavy atom. The van der Waals surface area contributed by atoms with Crippen LogP contribution in [-0.4, -0.2) is 19.1 Å². The Morgan fingerprint density at radius 1 is 1.18 bits per heavy atom. The van der Waals surface area contributed by atoms with E-state index in [0.717, 1.165) is 23.4 Å². The first-order valence-corrected chi connectivity index (χ1v) is 5.56. The van der Waals surface area contributed by atoms with Crippen molar-refractivity contribution in [2.45, 2.75) is 6.54 Å². The molecule has 17 heavy (non-hydrogen) atoms.